The average Bonchev–Trinajstić information content (AvgIpc) is 2.04. The molecule has 1 heteroatoms. The molecular weight excluding hydrogens is 146 g/mol. The lowest BCUT2D eigenvalue weighted by atomic mass is 10.0. The molecule has 0 aliphatic carbocycles. The van der Waals surface area contributed by atoms with Crippen LogP contribution < -0.4 is 0 Å². The number of hydrogen-bond acceptors (Lipinski definition) is 1. The second-order valence-electron chi connectivity index (χ2n) is 2.88. The fourth-order valence-electron chi connectivity index (χ4n) is 1.20. The van der Waals surface area contributed by atoms with Gasteiger partial charge in [0.15, 0.2) is 0 Å². The van der Waals surface area contributed by atoms with Gasteiger partial charge in [0.05, 0.1) is 0 Å². The van der Waals surface area contributed by atoms with Crippen LogP contribution in [0.25, 0.3) is 0 Å². The molecule has 1 aliphatic rings. The van der Waals surface area contributed by atoms with Crippen molar-refractivity contribution < 1.29 is 0 Å². The Morgan fingerprint density at radius 2 is 1.83 bits per heavy atom. The summed E-state index contributed by atoms with van der Waals surface area (Å²) in [4.78, 5) is 3.80. The van der Waals surface area contributed by atoms with Crippen LogP contribution in [-0.2, 0) is 6.42 Å². The Labute approximate surface area is 72.5 Å². The van der Waals surface area contributed by atoms with Crippen molar-refractivity contribution in [3.63, 3.8) is 0 Å². The highest BCUT2D eigenvalue weighted by Gasteiger charge is 1.94. The summed E-state index contributed by atoms with van der Waals surface area (Å²) in [6, 6.07) is 10.5. The first kappa shape index (κ1) is 7.29. The SMILES string of the molecule is [C-]1=NC=C1CCc1ccccc1. The molecule has 0 spiro atoms. The van der Waals surface area contributed by atoms with Gasteiger partial charge in [0, 0.05) is 0 Å². The molecule has 0 fully saturated rings. The van der Waals surface area contributed by atoms with Crippen molar-refractivity contribution in [1.82, 2.24) is 0 Å². The van der Waals surface area contributed by atoms with E-state index in [0.717, 1.165) is 12.8 Å². The summed E-state index contributed by atoms with van der Waals surface area (Å²) >= 11 is 0. The Morgan fingerprint density at radius 3 is 2.42 bits per heavy atom. The Hall–Kier alpha value is -1.37. The van der Waals surface area contributed by atoms with Gasteiger partial charge in [-0.25, -0.2) is 0 Å². The lowest BCUT2D eigenvalue weighted by Crippen LogP contribution is -1.95. The van der Waals surface area contributed by atoms with E-state index in [1.807, 2.05) is 12.3 Å². The lowest BCUT2D eigenvalue weighted by molar-refractivity contribution is 0.966. The van der Waals surface area contributed by atoms with Gasteiger partial charge in [-0.2, -0.15) is 0 Å². The molecule has 0 bridgehead atoms. The fourth-order valence-corrected chi connectivity index (χ4v) is 1.20. The summed E-state index contributed by atoms with van der Waals surface area (Å²) < 4.78 is 0. The van der Waals surface area contributed by atoms with Gasteiger partial charge >= 0.3 is 0 Å². The van der Waals surface area contributed by atoms with Crippen LogP contribution in [0.15, 0.2) is 47.1 Å². The van der Waals surface area contributed by atoms with E-state index in [0.29, 0.717) is 0 Å². The van der Waals surface area contributed by atoms with Crippen LogP contribution in [0.3, 0.4) is 0 Å². The summed E-state index contributed by atoms with van der Waals surface area (Å²) in [6.07, 6.45) is 6.94. The van der Waals surface area contributed by atoms with Gasteiger partial charge in [-0.1, -0.05) is 42.7 Å². The minimum absolute atomic E-state index is 1.06. The van der Waals surface area contributed by atoms with E-state index in [4.69, 9.17) is 0 Å². The molecule has 1 nitrogen and oxygen atoms in total. The van der Waals surface area contributed by atoms with Crippen LogP contribution >= 0.6 is 0 Å². The second kappa shape index (κ2) is 3.35. The zero-order valence-electron chi connectivity index (χ0n) is 6.83. The largest absolute Gasteiger partial charge is 0.394 e. The number of aryl methyl sites for hydroxylation is 1. The number of rotatable bonds is 3. The zero-order valence-corrected chi connectivity index (χ0v) is 6.83. The maximum Gasteiger partial charge on any atom is -0.0257 e. The van der Waals surface area contributed by atoms with Crippen molar-refractivity contribution in [2.45, 2.75) is 12.8 Å². The van der Waals surface area contributed by atoms with E-state index in [9.17, 15) is 0 Å². The third-order valence-electron chi connectivity index (χ3n) is 1.95. The summed E-state index contributed by atoms with van der Waals surface area (Å²) in [5.41, 5.74) is 2.62. The van der Waals surface area contributed by atoms with Crippen molar-refractivity contribution in [3.8, 4) is 0 Å². The van der Waals surface area contributed by atoms with E-state index < -0.39 is 0 Å². The third kappa shape index (κ3) is 1.62. The number of hydrogen-bond donors (Lipinski definition) is 0. The van der Waals surface area contributed by atoms with E-state index in [-0.39, 0.29) is 0 Å². The Morgan fingerprint density at radius 1 is 1.08 bits per heavy atom. The summed E-state index contributed by atoms with van der Waals surface area (Å²) in [5, 5.41) is 0. The molecule has 1 heterocycles. The second-order valence-corrected chi connectivity index (χ2v) is 2.88. The zero-order chi connectivity index (χ0) is 8.23. The molecule has 0 saturated heterocycles. The number of nitrogens with zero attached hydrogens (tertiary/aromatic N) is 1. The van der Waals surface area contributed by atoms with Crippen molar-refractivity contribution >= 4 is 6.21 Å². The summed E-state index contributed by atoms with van der Waals surface area (Å²) in [6.45, 7) is 0. The molecule has 1 aromatic carbocycles. The Bertz CT molecular complexity index is 309. The summed E-state index contributed by atoms with van der Waals surface area (Å²) in [7, 11) is 0. The molecule has 0 atom stereocenters. The standard InChI is InChI=1S/C11H10N/c1-2-4-10(5-3-1)6-7-11-8-12-9-11/h1-5,8H,6-7H2/q-1. The van der Waals surface area contributed by atoms with Gasteiger partial charge < -0.3 is 4.99 Å². The van der Waals surface area contributed by atoms with Gasteiger partial charge in [-0.05, 0) is 18.4 Å². The number of benzene rings is 1. The average molecular weight is 156 g/mol. The first-order chi connectivity index (χ1) is 5.95. The fraction of sp³-hybridized carbons (Fsp3) is 0.182. The molecule has 1 aromatic rings. The van der Waals surface area contributed by atoms with Crippen LogP contribution in [-0.4, -0.2) is 6.21 Å². The molecule has 0 unspecified atom stereocenters. The molecule has 0 radical (unpaired) electrons. The smallest absolute Gasteiger partial charge is 0.0257 e. The van der Waals surface area contributed by atoms with Crippen molar-refractivity contribution in [3.05, 3.63) is 47.7 Å². The molecule has 0 aromatic heterocycles. The van der Waals surface area contributed by atoms with E-state index in [1.165, 1.54) is 11.1 Å². The minimum atomic E-state index is 1.06. The molecule has 0 saturated carbocycles. The first-order valence-electron chi connectivity index (χ1n) is 4.14. The maximum absolute atomic E-state index is 3.80. The predicted octanol–water partition coefficient (Wildman–Crippen LogP) is 2.46. The topological polar surface area (TPSA) is 12.4 Å². The van der Waals surface area contributed by atoms with Crippen LogP contribution in [0.5, 0.6) is 0 Å². The Kier molecular flexibility index (Phi) is 2.04. The highest BCUT2D eigenvalue weighted by atomic mass is 14.7. The highest BCUT2D eigenvalue weighted by molar-refractivity contribution is 5.84. The first-order valence-corrected chi connectivity index (χ1v) is 4.14. The van der Waals surface area contributed by atoms with Gasteiger partial charge in [-0.15, -0.1) is 5.57 Å². The normalized spacial score (nSPS) is 13.8. The van der Waals surface area contributed by atoms with Crippen LogP contribution in [0.1, 0.15) is 12.0 Å². The summed E-state index contributed by atoms with van der Waals surface area (Å²) in [5.74, 6) is 0. The van der Waals surface area contributed by atoms with Crippen molar-refractivity contribution in [2.75, 3.05) is 0 Å². The number of allylic oxidation sites excluding steroid dienone is 1. The molecule has 0 amide bonds. The van der Waals surface area contributed by atoms with Crippen molar-refractivity contribution in [1.29, 1.82) is 0 Å². The van der Waals surface area contributed by atoms with Crippen LogP contribution in [0.2, 0.25) is 0 Å². The van der Waals surface area contributed by atoms with Gasteiger partial charge in [0.25, 0.3) is 0 Å². The van der Waals surface area contributed by atoms with E-state index in [1.54, 1.807) is 0 Å². The van der Waals surface area contributed by atoms with Crippen LogP contribution in [0, 0.1) is 0 Å². The molecule has 2 rings (SSSR count). The van der Waals surface area contributed by atoms with E-state index >= 15 is 0 Å². The van der Waals surface area contributed by atoms with Gasteiger partial charge in [0.2, 0.25) is 0 Å². The molecule has 0 N–H and O–H groups in total. The maximum atomic E-state index is 3.80. The monoisotopic (exact) mass is 156 g/mol. The molecular formula is C11H10N-. The molecule has 60 valence electrons. The van der Waals surface area contributed by atoms with Gasteiger partial charge in [-0.3, -0.25) is 0 Å². The predicted molar refractivity (Wildman–Crippen MR) is 50.3 cm³/mol. The lowest BCUT2D eigenvalue weighted by Gasteiger charge is -2.12. The van der Waals surface area contributed by atoms with E-state index in [2.05, 4.69) is 35.5 Å². The third-order valence-corrected chi connectivity index (χ3v) is 1.95. The Balaban J connectivity index is 1.88. The van der Waals surface area contributed by atoms with Crippen LogP contribution in [0.4, 0.5) is 0 Å². The van der Waals surface area contributed by atoms with Gasteiger partial charge in [0.1, 0.15) is 0 Å². The quantitative estimate of drug-likeness (QED) is 0.596. The molecule has 12 heavy (non-hydrogen) atoms. The molecule has 1 aliphatic heterocycles. The minimum Gasteiger partial charge on any atom is -0.394 e. The highest BCUT2D eigenvalue weighted by Crippen LogP contribution is 2.11. The van der Waals surface area contributed by atoms with Crippen molar-refractivity contribution in [2.24, 2.45) is 4.99 Å². The number of aliphatic imine (C=N–C) groups is 1.